The Balaban J connectivity index is 2.16. The number of nitrogens with zero attached hydrogens (tertiary/aromatic N) is 3. The van der Waals surface area contributed by atoms with Crippen molar-refractivity contribution in [1.82, 2.24) is 14.7 Å². The lowest BCUT2D eigenvalue weighted by Gasteiger charge is -2.41. The van der Waals surface area contributed by atoms with Crippen molar-refractivity contribution < 1.29 is 24.2 Å². The van der Waals surface area contributed by atoms with Gasteiger partial charge in [0.1, 0.15) is 11.6 Å². The number of likely N-dealkylation sites (tertiary alicyclic amines) is 1. The molecule has 0 aromatic heterocycles. The van der Waals surface area contributed by atoms with Crippen molar-refractivity contribution in [2.45, 2.75) is 109 Å². The number of ether oxygens (including phenoxy) is 1. The Morgan fingerprint density at radius 3 is 2.23 bits per heavy atom. The van der Waals surface area contributed by atoms with E-state index in [1.54, 1.807) is 26.9 Å². The third kappa shape index (κ3) is 5.38. The highest BCUT2D eigenvalue weighted by Gasteiger charge is 2.79. The van der Waals surface area contributed by atoms with E-state index < -0.39 is 35.1 Å². The maximum atomic E-state index is 14.6. The van der Waals surface area contributed by atoms with Crippen LogP contribution in [0.5, 0.6) is 0 Å². The number of hydrogen-bond acceptors (Lipinski definition) is 5. The molecule has 3 aliphatic rings. The van der Waals surface area contributed by atoms with E-state index in [-0.39, 0.29) is 30.2 Å². The summed E-state index contributed by atoms with van der Waals surface area (Å²) in [5, 5.41) is 10.6. The largest absolute Gasteiger partial charge is 0.394 e. The predicted molar refractivity (Wildman–Crippen MR) is 157 cm³/mol. The number of aliphatic hydroxyl groups excluding tert-OH is 1. The summed E-state index contributed by atoms with van der Waals surface area (Å²) in [7, 11) is 0. The predicted octanol–water partition coefficient (Wildman–Crippen LogP) is 4.18. The first-order valence-corrected chi connectivity index (χ1v) is 15.6. The summed E-state index contributed by atoms with van der Waals surface area (Å²) in [4.78, 5) is 48.6. The van der Waals surface area contributed by atoms with Gasteiger partial charge in [0.2, 0.25) is 17.7 Å². The second-order valence-corrected chi connectivity index (χ2v) is 12.1. The Morgan fingerprint density at radius 1 is 1.05 bits per heavy atom. The van der Waals surface area contributed by atoms with Gasteiger partial charge in [-0.15, -0.1) is 13.2 Å². The second kappa shape index (κ2) is 13.6. The molecule has 3 saturated heterocycles. The molecule has 40 heavy (non-hydrogen) atoms. The van der Waals surface area contributed by atoms with E-state index in [0.29, 0.717) is 45.4 Å². The molecule has 7 atom stereocenters. The van der Waals surface area contributed by atoms with Gasteiger partial charge in [-0.25, -0.2) is 0 Å². The molecule has 2 bridgehead atoms. The van der Waals surface area contributed by atoms with Crippen molar-refractivity contribution in [3.05, 3.63) is 25.3 Å². The van der Waals surface area contributed by atoms with Crippen LogP contribution in [0.3, 0.4) is 0 Å². The fourth-order valence-corrected chi connectivity index (χ4v) is 7.57. The van der Waals surface area contributed by atoms with E-state index in [1.807, 2.05) is 27.7 Å². The molecule has 3 rings (SSSR count). The van der Waals surface area contributed by atoms with Crippen LogP contribution in [0.15, 0.2) is 25.3 Å². The lowest BCUT2D eigenvalue weighted by Crippen LogP contribution is -2.60. The molecule has 2 unspecified atom stereocenters. The number of fused-ring (bicyclic) bond motifs is 1. The smallest absolute Gasteiger partial charge is 0.248 e. The second-order valence-electron chi connectivity index (χ2n) is 12.1. The number of rotatable bonds is 17. The van der Waals surface area contributed by atoms with Gasteiger partial charge in [0.25, 0.3) is 0 Å². The fourth-order valence-electron chi connectivity index (χ4n) is 7.57. The van der Waals surface area contributed by atoms with Crippen LogP contribution in [0.4, 0.5) is 0 Å². The molecule has 8 nitrogen and oxygen atoms in total. The standard InChI is InChI=1S/C32H53N3O5/c1-8-14-15-21-34(20-11-4)30(39)27-32-17-16-31(13-6,40-32)25(28(37)33(18-9-2)19-10-3)26(32)29(38)35(27)24(22-36)23(7)12-5/h9,11,23-27,36H,2,4,8,10,12-22H2,1,3,5-7H3/t23-,24-,25-,26-,27?,31+,32?/m0/s1. The lowest BCUT2D eigenvalue weighted by atomic mass is 9.64. The summed E-state index contributed by atoms with van der Waals surface area (Å²) in [5.74, 6) is -1.94. The van der Waals surface area contributed by atoms with Gasteiger partial charge in [0.05, 0.1) is 30.1 Å². The average Bonchev–Trinajstić information content (AvgIpc) is 3.56. The van der Waals surface area contributed by atoms with Gasteiger partial charge in [-0.3, -0.25) is 14.4 Å². The number of aliphatic hydroxyl groups is 1. The van der Waals surface area contributed by atoms with Gasteiger partial charge < -0.3 is 24.5 Å². The van der Waals surface area contributed by atoms with Gasteiger partial charge in [-0.05, 0) is 38.0 Å². The Kier molecular flexibility index (Phi) is 11.0. The molecular weight excluding hydrogens is 506 g/mol. The number of amides is 3. The molecule has 226 valence electrons. The fraction of sp³-hybridized carbons (Fsp3) is 0.781. The molecule has 0 saturated carbocycles. The van der Waals surface area contributed by atoms with E-state index in [9.17, 15) is 19.5 Å². The quantitative estimate of drug-likeness (QED) is 0.213. The summed E-state index contributed by atoms with van der Waals surface area (Å²) in [6.07, 6.45) is 9.62. The van der Waals surface area contributed by atoms with Gasteiger partial charge in [-0.2, -0.15) is 0 Å². The normalized spacial score (nSPS) is 30.2. The van der Waals surface area contributed by atoms with Gasteiger partial charge in [-0.1, -0.05) is 66.0 Å². The van der Waals surface area contributed by atoms with Gasteiger partial charge in [0, 0.05) is 26.2 Å². The number of carbonyl (C=O) groups is 3. The first-order valence-electron chi connectivity index (χ1n) is 15.6. The number of carbonyl (C=O) groups excluding carboxylic acids is 3. The molecule has 3 heterocycles. The zero-order valence-corrected chi connectivity index (χ0v) is 25.6. The molecular formula is C32H53N3O5. The molecule has 1 spiro atoms. The summed E-state index contributed by atoms with van der Waals surface area (Å²) < 4.78 is 6.97. The van der Waals surface area contributed by atoms with E-state index in [0.717, 1.165) is 32.1 Å². The lowest BCUT2D eigenvalue weighted by molar-refractivity contribution is -0.159. The Labute approximate surface area is 241 Å². The maximum Gasteiger partial charge on any atom is 0.248 e. The van der Waals surface area contributed by atoms with Crippen LogP contribution >= 0.6 is 0 Å². The molecule has 1 N–H and O–H groups in total. The van der Waals surface area contributed by atoms with Crippen molar-refractivity contribution in [2.24, 2.45) is 17.8 Å². The zero-order valence-electron chi connectivity index (χ0n) is 25.6. The van der Waals surface area contributed by atoms with Crippen LogP contribution in [-0.4, -0.2) is 93.6 Å². The van der Waals surface area contributed by atoms with Gasteiger partial charge >= 0.3 is 0 Å². The first-order chi connectivity index (χ1) is 19.2. The Hall–Kier alpha value is -2.19. The van der Waals surface area contributed by atoms with E-state index in [2.05, 4.69) is 20.1 Å². The highest BCUT2D eigenvalue weighted by molar-refractivity contribution is 5.99. The van der Waals surface area contributed by atoms with E-state index >= 15 is 0 Å². The molecule has 3 fully saturated rings. The van der Waals surface area contributed by atoms with Crippen molar-refractivity contribution in [1.29, 1.82) is 0 Å². The molecule has 8 heteroatoms. The average molecular weight is 560 g/mol. The molecule has 0 aromatic rings. The number of unbranched alkanes of at least 4 members (excludes halogenated alkanes) is 2. The zero-order chi connectivity index (χ0) is 29.7. The van der Waals surface area contributed by atoms with Crippen molar-refractivity contribution in [2.75, 3.05) is 32.8 Å². The summed E-state index contributed by atoms with van der Waals surface area (Å²) >= 11 is 0. The minimum Gasteiger partial charge on any atom is -0.394 e. The third-order valence-electron chi connectivity index (χ3n) is 9.81. The summed E-state index contributed by atoms with van der Waals surface area (Å²) in [5.41, 5.74) is -1.88. The minimum absolute atomic E-state index is 0.0312. The van der Waals surface area contributed by atoms with Crippen molar-refractivity contribution >= 4 is 17.7 Å². The minimum atomic E-state index is -1.10. The molecule has 0 aromatic carbocycles. The van der Waals surface area contributed by atoms with Crippen molar-refractivity contribution in [3.63, 3.8) is 0 Å². The van der Waals surface area contributed by atoms with Crippen LogP contribution in [0.2, 0.25) is 0 Å². The highest BCUT2D eigenvalue weighted by Crippen LogP contribution is 2.65. The van der Waals surface area contributed by atoms with Crippen LogP contribution < -0.4 is 0 Å². The molecule has 3 aliphatic heterocycles. The summed E-state index contributed by atoms with van der Waals surface area (Å²) in [6.45, 7) is 19.6. The molecule has 0 radical (unpaired) electrons. The molecule has 3 amide bonds. The van der Waals surface area contributed by atoms with E-state index in [1.165, 1.54) is 0 Å². The van der Waals surface area contributed by atoms with Crippen LogP contribution in [-0.2, 0) is 19.1 Å². The SMILES string of the molecule is C=CCN(CCCCC)C(=O)C1N([C@@H](CO)[C@@H](C)CC)C(=O)[C@@H]2[C@@H](C(=O)N(CC=C)CCC)[C@@]3(CC)CCC12O3. The third-order valence-corrected chi connectivity index (χ3v) is 9.81. The Morgan fingerprint density at radius 2 is 1.70 bits per heavy atom. The Bertz CT molecular complexity index is 940. The van der Waals surface area contributed by atoms with Gasteiger partial charge in [0.15, 0.2) is 0 Å². The number of hydrogen-bond donors (Lipinski definition) is 1. The maximum absolute atomic E-state index is 14.6. The summed E-state index contributed by atoms with van der Waals surface area (Å²) in [6, 6.07) is -1.42. The molecule has 0 aliphatic carbocycles. The highest BCUT2D eigenvalue weighted by atomic mass is 16.5. The van der Waals surface area contributed by atoms with Crippen LogP contribution in [0, 0.1) is 17.8 Å². The van der Waals surface area contributed by atoms with E-state index in [4.69, 9.17) is 4.74 Å². The monoisotopic (exact) mass is 559 g/mol. The first kappa shape index (κ1) is 32.3. The van der Waals surface area contributed by atoms with Crippen LogP contribution in [0.1, 0.15) is 86.0 Å². The van der Waals surface area contributed by atoms with Crippen LogP contribution in [0.25, 0.3) is 0 Å². The topological polar surface area (TPSA) is 90.4 Å². The van der Waals surface area contributed by atoms with Crippen molar-refractivity contribution in [3.8, 4) is 0 Å².